The highest BCUT2D eigenvalue weighted by Crippen LogP contribution is 2.35. The summed E-state index contributed by atoms with van der Waals surface area (Å²) in [6, 6.07) is 4.88. The van der Waals surface area contributed by atoms with Gasteiger partial charge in [0, 0.05) is 0 Å². The summed E-state index contributed by atoms with van der Waals surface area (Å²) in [5.74, 6) is -2.81. The van der Waals surface area contributed by atoms with E-state index in [4.69, 9.17) is 5.11 Å². The summed E-state index contributed by atoms with van der Waals surface area (Å²) in [4.78, 5) is 48.2. The Morgan fingerprint density at radius 2 is 1.86 bits per heavy atom. The molecule has 1 fully saturated rings. The van der Waals surface area contributed by atoms with Gasteiger partial charge in [-0.25, -0.2) is 4.79 Å². The van der Waals surface area contributed by atoms with Crippen LogP contribution in [0, 0.1) is 6.92 Å². The average molecular weight is 302 g/mol. The van der Waals surface area contributed by atoms with Crippen LogP contribution < -0.4 is 5.32 Å². The van der Waals surface area contributed by atoms with E-state index < -0.39 is 35.8 Å². The molecule has 7 nitrogen and oxygen atoms in total. The van der Waals surface area contributed by atoms with Gasteiger partial charge in [0.15, 0.2) is 0 Å². The second-order valence-electron chi connectivity index (χ2n) is 5.68. The fourth-order valence-electron chi connectivity index (χ4n) is 2.52. The second-order valence-corrected chi connectivity index (χ2v) is 5.68. The van der Waals surface area contributed by atoms with Crippen molar-refractivity contribution in [1.29, 1.82) is 0 Å². The van der Waals surface area contributed by atoms with Gasteiger partial charge < -0.3 is 10.4 Å². The van der Waals surface area contributed by atoms with E-state index in [1.165, 1.54) is 0 Å². The monoisotopic (exact) mass is 302 g/mol. The molecule has 0 saturated heterocycles. The Morgan fingerprint density at radius 1 is 1.23 bits per heavy atom. The molecule has 0 atom stereocenters. The Bertz CT molecular complexity index is 721. The number of aryl methyl sites for hydroxylation is 1. The first-order chi connectivity index (χ1) is 10.3. The maximum Gasteiger partial charge on any atom is 0.329 e. The largest absolute Gasteiger partial charge is 0.480 e. The molecule has 0 bridgehead atoms. The number of benzene rings is 1. The zero-order valence-electron chi connectivity index (χ0n) is 11.9. The van der Waals surface area contributed by atoms with Crippen LogP contribution in [0.25, 0.3) is 0 Å². The van der Waals surface area contributed by atoms with Gasteiger partial charge in [0.05, 0.1) is 11.1 Å². The lowest BCUT2D eigenvalue weighted by Crippen LogP contribution is -2.48. The Labute approximate surface area is 125 Å². The fraction of sp³-hybridized carbons (Fsp3) is 0.333. The molecule has 7 heteroatoms. The third kappa shape index (κ3) is 2.14. The standard InChI is InChI=1S/C15H14N2O5/c1-8-2-3-9-10(6-8)13(20)17(12(9)19)7-11(18)16-15(4-5-15)14(21)22/h2-3,6H,4-5,7H2,1H3,(H,16,18)(H,21,22). The van der Waals surface area contributed by atoms with Gasteiger partial charge in [-0.15, -0.1) is 0 Å². The first-order valence-electron chi connectivity index (χ1n) is 6.85. The first-order valence-corrected chi connectivity index (χ1v) is 6.85. The minimum atomic E-state index is -1.23. The van der Waals surface area contributed by atoms with Crippen molar-refractivity contribution in [1.82, 2.24) is 10.2 Å². The van der Waals surface area contributed by atoms with Crippen molar-refractivity contribution in [3.63, 3.8) is 0 Å². The molecular weight excluding hydrogens is 288 g/mol. The molecule has 114 valence electrons. The van der Waals surface area contributed by atoms with Crippen LogP contribution in [0.1, 0.15) is 39.1 Å². The topological polar surface area (TPSA) is 104 Å². The van der Waals surface area contributed by atoms with Gasteiger partial charge in [0.25, 0.3) is 11.8 Å². The molecule has 3 amide bonds. The second kappa shape index (κ2) is 4.66. The quantitative estimate of drug-likeness (QED) is 0.780. The highest BCUT2D eigenvalue weighted by atomic mass is 16.4. The summed E-state index contributed by atoms with van der Waals surface area (Å²) in [6.45, 7) is 1.33. The normalized spacial score (nSPS) is 18.1. The molecule has 2 N–H and O–H groups in total. The summed E-state index contributed by atoms with van der Waals surface area (Å²) in [5, 5.41) is 11.4. The van der Waals surface area contributed by atoms with Gasteiger partial charge in [-0.05, 0) is 31.9 Å². The summed E-state index contributed by atoms with van der Waals surface area (Å²) in [6.07, 6.45) is 0.713. The number of carbonyl (C=O) groups excluding carboxylic acids is 3. The Morgan fingerprint density at radius 3 is 2.45 bits per heavy atom. The van der Waals surface area contributed by atoms with Crippen LogP contribution in [0.3, 0.4) is 0 Å². The van der Waals surface area contributed by atoms with Crippen molar-refractivity contribution in [3.05, 3.63) is 34.9 Å². The van der Waals surface area contributed by atoms with E-state index in [0.29, 0.717) is 12.8 Å². The first kappa shape index (κ1) is 14.2. The number of aliphatic carboxylic acids is 1. The number of carboxylic acids is 1. The van der Waals surface area contributed by atoms with Gasteiger partial charge in [0.1, 0.15) is 12.1 Å². The number of carboxylic acid groups (broad SMARTS) is 1. The molecule has 3 rings (SSSR count). The summed E-state index contributed by atoms with van der Waals surface area (Å²) >= 11 is 0. The van der Waals surface area contributed by atoms with Gasteiger partial charge in [-0.3, -0.25) is 19.3 Å². The van der Waals surface area contributed by atoms with Gasteiger partial charge in [-0.2, -0.15) is 0 Å². The van der Waals surface area contributed by atoms with Crippen molar-refractivity contribution in [2.75, 3.05) is 6.54 Å². The maximum absolute atomic E-state index is 12.2. The maximum atomic E-state index is 12.2. The van der Waals surface area contributed by atoms with Crippen molar-refractivity contribution >= 4 is 23.7 Å². The van der Waals surface area contributed by atoms with Crippen LogP contribution >= 0.6 is 0 Å². The van der Waals surface area contributed by atoms with Crippen LogP contribution in [-0.2, 0) is 9.59 Å². The molecule has 1 aromatic carbocycles. The van der Waals surface area contributed by atoms with E-state index in [1.54, 1.807) is 25.1 Å². The smallest absolute Gasteiger partial charge is 0.329 e. The number of hydrogen-bond acceptors (Lipinski definition) is 4. The number of nitrogens with one attached hydrogen (secondary N) is 1. The van der Waals surface area contributed by atoms with Crippen molar-refractivity contribution in [2.45, 2.75) is 25.3 Å². The Balaban J connectivity index is 1.75. The molecule has 0 aromatic heterocycles. The van der Waals surface area contributed by atoms with E-state index in [2.05, 4.69) is 5.32 Å². The number of amides is 3. The minimum Gasteiger partial charge on any atom is -0.480 e. The van der Waals surface area contributed by atoms with Crippen LogP contribution in [0.2, 0.25) is 0 Å². The number of carbonyl (C=O) groups is 4. The van der Waals surface area contributed by atoms with Crippen molar-refractivity contribution in [2.24, 2.45) is 0 Å². The average Bonchev–Trinajstić information content (AvgIpc) is 3.20. The lowest BCUT2D eigenvalue weighted by Gasteiger charge is -2.16. The molecule has 1 aliphatic carbocycles. The zero-order valence-corrected chi connectivity index (χ0v) is 11.9. The number of nitrogens with zero attached hydrogens (tertiary/aromatic N) is 1. The van der Waals surface area contributed by atoms with Crippen LogP contribution in [0.5, 0.6) is 0 Å². The molecule has 22 heavy (non-hydrogen) atoms. The molecule has 0 radical (unpaired) electrons. The predicted molar refractivity (Wildman–Crippen MR) is 74.3 cm³/mol. The molecule has 2 aliphatic rings. The molecule has 1 saturated carbocycles. The van der Waals surface area contributed by atoms with E-state index in [1.807, 2.05) is 0 Å². The summed E-state index contributed by atoms with van der Waals surface area (Å²) in [7, 11) is 0. The van der Waals surface area contributed by atoms with Gasteiger partial charge >= 0.3 is 5.97 Å². The Kier molecular flexibility index (Phi) is 3.01. The number of hydrogen-bond donors (Lipinski definition) is 2. The number of rotatable bonds is 4. The third-order valence-corrected chi connectivity index (χ3v) is 3.97. The molecule has 1 aromatic rings. The minimum absolute atomic E-state index is 0.266. The SMILES string of the molecule is Cc1ccc2c(c1)C(=O)N(CC(=O)NC1(C(=O)O)CC1)C2=O. The van der Waals surface area contributed by atoms with Crippen molar-refractivity contribution < 1.29 is 24.3 Å². The van der Waals surface area contributed by atoms with Gasteiger partial charge in [0.2, 0.25) is 5.91 Å². The van der Waals surface area contributed by atoms with Crippen LogP contribution in [0.15, 0.2) is 18.2 Å². The summed E-state index contributed by atoms with van der Waals surface area (Å²) in [5.41, 5.74) is 0.153. The highest BCUT2D eigenvalue weighted by Gasteiger charge is 2.52. The van der Waals surface area contributed by atoms with Crippen LogP contribution in [0.4, 0.5) is 0 Å². The molecule has 0 spiro atoms. The van der Waals surface area contributed by atoms with E-state index in [-0.39, 0.29) is 11.1 Å². The number of imide groups is 1. The van der Waals surface area contributed by atoms with Crippen molar-refractivity contribution in [3.8, 4) is 0 Å². The lowest BCUT2D eigenvalue weighted by atomic mass is 10.1. The molecular formula is C15H14N2O5. The molecule has 0 unspecified atom stereocenters. The van der Waals surface area contributed by atoms with Crippen LogP contribution in [-0.4, -0.2) is 45.8 Å². The molecule has 1 aliphatic heterocycles. The molecule has 1 heterocycles. The van der Waals surface area contributed by atoms with E-state index in [0.717, 1.165) is 10.5 Å². The fourth-order valence-corrected chi connectivity index (χ4v) is 2.52. The van der Waals surface area contributed by atoms with E-state index >= 15 is 0 Å². The van der Waals surface area contributed by atoms with E-state index in [9.17, 15) is 19.2 Å². The van der Waals surface area contributed by atoms with Gasteiger partial charge in [-0.1, -0.05) is 11.6 Å². The highest BCUT2D eigenvalue weighted by molar-refractivity contribution is 6.22. The number of fused-ring (bicyclic) bond motifs is 1. The lowest BCUT2D eigenvalue weighted by molar-refractivity contribution is -0.143. The summed E-state index contributed by atoms with van der Waals surface area (Å²) < 4.78 is 0. The Hall–Kier alpha value is -2.70. The third-order valence-electron chi connectivity index (χ3n) is 3.97. The zero-order chi connectivity index (χ0) is 16.1. The predicted octanol–water partition coefficient (Wildman–Crippen LogP) is 0.324.